The van der Waals surface area contributed by atoms with E-state index >= 15 is 0 Å². The van der Waals surface area contributed by atoms with Crippen molar-refractivity contribution in [1.82, 2.24) is 10.1 Å². The Morgan fingerprint density at radius 2 is 2.50 bits per heavy atom. The van der Waals surface area contributed by atoms with Gasteiger partial charge in [0.15, 0.2) is 0 Å². The highest BCUT2D eigenvalue weighted by Gasteiger charge is 2.24. The first-order chi connectivity index (χ1) is 7.81. The molecule has 1 unspecified atom stereocenters. The van der Waals surface area contributed by atoms with Crippen LogP contribution in [0.1, 0.15) is 30.3 Å². The van der Waals surface area contributed by atoms with Gasteiger partial charge in [0.2, 0.25) is 5.82 Å². The predicted octanol–water partition coefficient (Wildman–Crippen LogP) is 0.256. The van der Waals surface area contributed by atoms with Crippen LogP contribution in [0.3, 0.4) is 0 Å². The minimum atomic E-state index is -0.775. The van der Waals surface area contributed by atoms with Crippen molar-refractivity contribution in [2.45, 2.75) is 18.6 Å². The summed E-state index contributed by atoms with van der Waals surface area (Å²) in [5, 5.41) is 13.4. The van der Waals surface area contributed by atoms with Crippen LogP contribution in [0.15, 0.2) is 4.52 Å². The highest BCUT2D eigenvalue weighted by Crippen LogP contribution is 2.25. The Labute approximate surface area is 97.5 Å². The zero-order valence-electron chi connectivity index (χ0n) is 8.83. The molecule has 0 bridgehead atoms. The van der Waals surface area contributed by atoms with Crippen molar-refractivity contribution in [2.75, 3.05) is 24.7 Å². The average Bonchev–Trinajstić information content (AvgIpc) is 2.80. The van der Waals surface area contributed by atoms with E-state index in [1.54, 1.807) is 11.8 Å². The second-order valence-electron chi connectivity index (χ2n) is 3.52. The van der Waals surface area contributed by atoms with E-state index < -0.39 is 6.10 Å². The highest BCUT2D eigenvalue weighted by molar-refractivity contribution is 7.99. The number of hydrogen-bond acceptors (Lipinski definition) is 7. The molecular formula is C9H15N3O3S. The number of nitrogens with two attached hydrogens (primary N) is 1. The molecule has 1 aromatic rings. The molecular weight excluding hydrogens is 230 g/mol. The number of aliphatic hydroxyl groups is 1. The fraction of sp³-hybridized carbons (Fsp3) is 0.778. The molecule has 1 aromatic heterocycles. The van der Waals surface area contributed by atoms with Gasteiger partial charge in [-0.15, -0.1) is 0 Å². The van der Waals surface area contributed by atoms with Gasteiger partial charge in [-0.2, -0.15) is 16.7 Å². The van der Waals surface area contributed by atoms with Crippen LogP contribution >= 0.6 is 11.8 Å². The summed E-state index contributed by atoms with van der Waals surface area (Å²) in [5.74, 6) is 2.56. The lowest BCUT2D eigenvalue weighted by atomic mass is 10.2. The standard InChI is InChI=1S/C9H15N3O3S/c10-2-1-6(13)9-11-8(12-15-9)7-5-16-4-3-14-7/h6-7,13H,1-5,10H2/t6-,7?/m0/s1. The maximum atomic E-state index is 9.61. The number of nitrogens with zero attached hydrogens (tertiary/aromatic N) is 2. The van der Waals surface area contributed by atoms with Crippen molar-refractivity contribution in [1.29, 1.82) is 0 Å². The van der Waals surface area contributed by atoms with Gasteiger partial charge < -0.3 is 20.1 Å². The monoisotopic (exact) mass is 245 g/mol. The second kappa shape index (κ2) is 5.62. The summed E-state index contributed by atoms with van der Waals surface area (Å²) >= 11 is 1.80. The van der Waals surface area contributed by atoms with E-state index in [2.05, 4.69) is 10.1 Å². The highest BCUT2D eigenvalue weighted by atomic mass is 32.2. The van der Waals surface area contributed by atoms with Crippen LogP contribution < -0.4 is 5.73 Å². The first-order valence-electron chi connectivity index (χ1n) is 5.22. The lowest BCUT2D eigenvalue weighted by Gasteiger charge is -2.18. The number of aromatic nitrogens is 2. The summed E-state index contributed by atoms with van der Waals surface area (Å²) < 4.78 is 10.5. The number of aliphatic hydroxyl groups excluding tert-OH is 1. The van der Waals surface area contributed by atoms with Crippen molar-refractivity contribution >= 4 is 11.8 Å². The molecule has 0 aromatic carbocycles. The largest absolute Gasteiger partial charge is 0.383 e. The van der Waals surface area contributed by atoms with E-state index in [1.165, 1.54) is 0 Å². The van der Waals surface area contributed by atoms with E-state index in [1.807, 2.05) is 0 Å². The summed E-state index contributed by atoms with van der Waals surface area (Å²) in [6.07, 6.45) is -0.481. The minimum absolute atomic E-state index is 0.124. The lowest BCUT2D eigenvalue weighted by Crippen LogP contribution is -2.17. The Morgan fingerprint density at radius 1 is 1.62 bits per heavy atom. The van der Waals surface area contributed by atoms with Gasteiger partial charge in [0.1, 0.15) is 12.2 Å². The van der Waals surface area contributed by atoms with Gasteiger partial charge >= 0.3 is 0 Å². The smallest absolute Gasteiger partial charge is 0.255 e. The zero-order chi connectivity index (χ0) is 11.4. The molecule has 1 aliphatic rings. The van der Waals surface area contributed by atoms with Gasteiger partial charge in [-0.3, -0.25) is 0 Å². The Bertz CT molecular complexity index is 328. The molecule has 7 heteroatoms. The third kappa shape index (κ3) is 2.73. The Kier molecular flexibility index (Phi) is 4.16. The molecule has 90 valence electrons. The van der Waals surface area contributed by atoms with Gasteiger partial charge in [-0.25, -0.2) is 0 Å². The summed E-state index contributed by atoms with van der Waals surface area (Å²) in [6, 6.07) is 0. The first-order valence-corrected chi connectivity index (χ1v) is 6.37. The minimum Gasteiger partial charge on any atom is -0.383 e. The van der Waals surface area contributed by atoms with Crippen LogP contribution in [0.2, 0.25) is 0 Å². The summed E-state index contributed by atoms with van der Waals surface area (Å²) in [7, 11) is 0. The third-order valence-corrected chi connectivity index (χ3v) is 3.28. The molecule has 16 heavy (non-hydrogen) atoms. The fourth-order valence-electron chi connectivity index (χ4n) is 1.43. The summed E-state index contributed by atoms with van der Waals surface area (Å²) in [5.41, 5.74) is 5.34. The van der Waals surface area contributed by atoms with Crippen LogP contribution in [0, 0.1) is 0 Å². The van der Waals surface area contributed by atoms with Crippen LogP contribution in [0.4, 0.5) is 0 Å². The summed E-state index contributed by atoms with van der Waals surface area (Å²) in [4.78, 5) is 4.13. The molecule has 0 saturated carbocycles. The molecule has 2 rings (SSSR count). The molecule has 0 radical (unpaired) electrons. The van der Waals surface area contributed by atoms with E-state index in [0.717, 1.165) is 11.5 Å². The molecule has 1 saturated heterocycles. The molecule has 0 aliphatic carbocycles. The van der Waals surface area contributed by atoms with Gasteiger partial charge in [0, 0.05) is 11.5 Å². The number of thioether (sulfide) groups is 1. The molecule has 2 atom stereocenters. The molecule has 0 spiro atoms. The van der Waals surface area contributed by atoms with Gasteiger partial charge in [0.25, 0.3) is 5.89 Å². The Hall–Kier alpha value is -0.630. The van der Waals surface area contributed by atoms with Crippen LogP contribution in [-0.2, 0) is 4.74 Å². The van der Waals surface area contributed by atoms with Crippen molar-refractivity contribution in [3.05, 3.63) is 11.7 Å². The predicted molar refractivity (Wildman–Crippen MR) is 58.9 cm³/mol. The fourth-order valence-corrected chi connectivity index (χ4v) is 2.27. The molecule has 0 amide bonds. The van der Waals surface area contributed by atoms with Crippen LogP contribution in [0.5, 0.6) is 0 Å². The quantitative estimate of drug-likeness (QED) is 0.785. The maximum Gasteiger partial charge on any atom is 0.255 e. The van der Waals surface area contributed by atoms with E-state index in [0.29, 0.717) is 25.4 Å². The van der Waals surface area contributed by atoms with Crippen LogP contribution in [-0.4, -0.2) is 39.9 Å². The molecule has 1 fully saturated rings. The van der Waals surface area contributed by atoms with Crippen LogP contribution in [0.25, 0.3) is 0 Å². The summed E-state index contributed by atoms with van der Waals surface area (Å²) in [6.45, 7) is 1.08. The second-order valence-corrected chi connectivity index (χ2v) is 4.67. The molecule has 2 heterocycles. The first kappa shape index (κ1) is 11.8. The number of hydrogen-bond donors (Lipinski definition) is 2. The lowest BCUT2D eigenvalue weighted by molar-refractivity contribution is 0.0676. The van der Waals surface area contributed by atoms with E-state index in [4.69, 9.17) is 15.0 Å². The Morgan fingerprint density at radius 3 is 3.19 bits per heavy atom. The topological polar surface area (TPSA) is 94.4 Å². The SMILES string of the molecule is NCC[C@H](O)c1nc(C2CSCCO2)no1. The molecule has 1 aliphatic heterocycles. The van der Waals surface area contributed by atoms with Crippen molar-refractivity contribution in [2.24, 2.45) is 5.73 Å². The molecule has 3 N–H and O–H groups in total. The number of ether oxygens (including phenoxy) is 1. The third-order valence-electron chi connectivity index (χ3n) is 2.29. The van der Waals surface area contributed by atoms with E-state index in [-0.39, 0.29) is 12.0 Å². The van der Waals surface area contributed by atoms with Crippen molar-refractivity contribution in [3.63, 3.8) is 0 Å². The molecule has 6 nitrogen and oxygen atoms in total. The van der Waals surface area contributed by atoms with E-state index in [9.17, 15) is 5.11 Å². The Balaban J connectivity index is 2.00. The normalized spacial score (nSPS) is 23.2. The van der Waals surface area contributed by atoms with Gasteiger partial charge in [-0.1, -0.05) is 5.16 Å². The zero-order valence-corrected chi connectivity index (χ0v) is 9.65. The maximum absolute atomic E-state index is 9.61. The van der Waals surface area contributed by atoms with Crippen molar-refractivity contribution < 1.29 is 14.4 Å². The number of rotatable bonds is 4. The van der Waals surface area contributed by atoms with Crippen molar-refractivity contribution in [3.8, 4) is 0 Å². The van der Waals surface area contributed by atoms with Gasteiger partial charge in [0.05, 0.1) is 6.61 Å². The van der Waals surface area contributed by atoms with Gasteiger partial charge in [-0.05, 0) is 13.0 Å². The average molecular weight is 245 g/mol.